The van der Waals surface area contributed by atoms with Gasteiger partial charge in [-0.25, -0.2) is 0 Å². The van der Waals surface area contributed by atoms with Crippen molar-refractivity contribution in [2.75, 3.05) is 0 Å². The van der Waals surface area contributed by atoms with Crippen molar-refractivity contribution in [1.29, 1.82) is 0 Å². The van der Waals surface area contributed by atoms with Gasteiger partial charge in [0.15, 0.2) is 0 Å². The molecule has 1 aliphatic rings. The van der Waals surface area contributed by atoms with E-state index < -0.39 is 12.6 Å². The summed E-state index contributed by atoms with van der Waals surface area (Å²) in [5.41, 5.74) is 2.04. The number of hydrogen-bond donors (Lipinski definition) is 0. The summed E-state index contributed by atoms with van der Waals surface area (Å²) in [6.07, 6.45) is 2.83. The molecule has 1 saturated heterocycles. The van der Waals surface area contributed by atoms with Crippen molar-refractivity contribution < 1.29 is 14.5 Å². The van der Waals surface area contributed by atoms with Crippen LogP contribution in [0.2, 0.25) is 0 Å². The number of ether oxygens (including phenoxy) is 1. The molecule has 2 atom stereocenters. The molecule has 2 aromatic rings. The van der Waals surface area contributed by atoms with E-state index in [-0.39, 0.29) is 0 Å². The standard InChI is InChI=1S/C16H14O3/c1-3-7-13(8-4-1)11-12-15-17-16(19-18-15)14-9-5-2-6-10-14/h1-12,15-16H/b12-11+. The van der Waals surface area contributed by atoms with Crippen LogP contribution in [0, 0.1) is 0 Å². The highest BCUT2D eigenvalue weighted by atomic mass is 17.3. The normalized spacial score (nSPS) is 22.9. The highest BCUT2D eigenvalue weighted by molar-refractivity contribution is 5.48. The maximum absolute atomic E-state index is 5.64. The van der Waals surface area contributed by atoms with E-state index in [2.05, 4.69) is 0 Å². The third-order valence-electron chi connectivity index (χ3n) is 2.81. The first-order chi connectivity index (χ1) is 9.42. The topological polar surface area (TPSA) is 27.7 Å². The fraction of sp³-hybridized carbons (Fsp3) is 0.125. The van der Waals surface area contributed by atoms with E-state index in [0.717, 1.165) is 11.1 Å². The van der Waals surface area contributed by atoms with Crippen molar-refractivity contribution in [2.45, 2.75) is 12.6 Å². The Kier molecular flexibility index (Phi) is 3.70. The van der Waals surface area contributed by atoms with Crippen molar-refractivity contribution in [2.24, 2.45) is 0 Å². The monoisotopic (exact) mass is 254 g/mol. The Labute approximate surface area is 112 Å². The van der Waals surface area contributed by atoms with Crippen LogP contribution in [0.5, 0.6) is 0 Å². The lowest BCUT2D eigenvalue weighted by molar-refractivity contribution is -0.291. The molecule has 0 aliphatic carbocycles. The maximum Gasteiger partial charge on any atom is 0.220 e. The zero-order valence-corrected chi connectivity index (χ0v) is 10.3. The van der Waals surface area contributed by atoms with Crippen LogP contribution in [0.1, 0.15) is 17.4 Å². The van der Waals surface area contributed by atoms with E-state index in [0.29, 0.717) is 0 Å². The lowest BCUT2D eigenvalue weighted by Gasteiger charge is -2.05. The van der Waals surface area contributed by atoms with Crippen molar-refractivity contribution in [3.8, 4) is 0 Å². The molecule has 96 valence electrons. The first-order valence-electron chi connectivity index (χ1n) is 6.17. The Morgan fingerprint density at radius 3 is 2.21 bits per heavy atom. The Morgan fingerprint density at radius 2 is 1.47 bits per heavy atom. The van der Waals surface area contributed by atoms with Crippen LogP contribution < -0.4 is 0 Å². The second-order valence-corrected chi connectivity index (χ2v) is 4.21. The van der Waals surface area contributed by atoms with Gasteiger partial charge in [0.1, 0.15) is 0 Å². The molecule has 0 spiro atoms. The highest BCUT2D eigenvalue weighted by Gasteiger charge is 2.27. The van der Waals surface area contributed by atoms with E-state index >= 15 is 0 Å². The smallest absolute Gasteiger partial charge is 0.220 e. The number of hydrogen-bond acceptors (Lipinski definition) is 3. The largest absolute Gasteiger partial charge is 0.310 e. The maximum atomic E-state index is 5.64. The Bertz CT molecular complexity index is 536. The van der Waals surface area contributed by atoms with Crippen LogP contribution >= 0.6 is 0 Å². The molecular weight excluding hydrogens is 240 g/mol. The van der Waals surface area contributed by atoms with Gasteiger partial charge in [-0.05, 0) is 11.6 Å². The Morgan fingerprint density at radius 1 is 0.789 bits per heavy atom. The third kappa shape index (κ3) is 3.09. The molecule has 1 heterocycles. The number of benzene rings is 2. The van der Waals surface area contributed by atoms with Crippen molar-refractivity contribution in [3.63, 3.8) is 0 Å². The Hall–Kier alpha value is -1.94. The molecule has 0 radical (unpaired) electrons. The van der Waals surface area contributed by atoms with Crippen LogP contribution in [0.15, 0.2) is 66.7 Å². The molecule has 3 rings (SSSR count). The summed E-state index contributed by atoms with van der Waals surface area (Å²) in [6, 6.07) is 19.7. The van der Waals surface area contributed by atoms with Crippen molar-refractivity contribution in [3.05, 3.63) is 77.9 Å². The van der Waals surface area contributed by atoms with Crippen LogP contribution in [0.3, 0.4) is 0 Å². The third-order valence-corrected chi connectivity index (χ3v) is 2.81. The first-order valence-corrected chi connectivity index (χ1v) is 6.17. The summed E-state index contributed by atoms with van der Waals surface area (Å²) in [5, 5.41) is 0. The van der Waals surface area contributed by atoms with Gasteiger partial charge in [0.2, 0.25) is 12.6 Å². The summed E-state index contributed by atoms with van der Waals surface area (Å²) in [7, 11) is 0. The molecule has 19 heavy (non-hydrogen) atoms. The van der Waals surface area contributed by atoms with Gasteiger partial charge in [-0.2, -0.15) is 9.78 Å². The van der Waals surface area contributed by atoms with E-state index in [1.165, 1.54) is 0 Å². The van der Waals surface area contributed by atoms with Gasteiger partial charge in [0.05, 0.1) is 0 Å². The minimum absolute atomic E-state index is 0.466. The molecule has 0 N–H and O–H groups in total. The highest BCUT2D eigenvalue weighted by Crippen LogP contribution is 2.28. The molecule has 1 fully saturated rings. The SMILES string of the molecule is C(=C\C1OOC(c2ccccc2)O1)/c1ccccc1. The molecule has 2 aromatic carbocycles. The second kappa shape index (κ2) is 5.80. The molecule has 3 nitrogen and oxygen atoms in total. The lowest BCUT2D eigenvalue weighted by Crippen LogP contribution is -2.03. The van der Waals surface area contributed by atoms with Crippen LogP contribution in [-0.2, 0) is 14.5 Å². The minimum Gasteiger partial charge on any atom is -0.310 e. The molecule has 3 heteroatoms. The van der Waals surface area contributed by atoms with Crippen molar-refractivity contribution in [1.82, 2.24) is 0 Å². The van der Waals surface area contributed by atoms with Crippen LogP contribution in [0.4, 0.5) is 0 Å². The lowest BCUT2D eigenvalue weighted by atomic mass is 10.2. The molecule has 0 amide bonds. The Balaban J connectivity index is 1.62. The summed E-state index contributed by atoms with van der Waals surface area (Å²) < 4.78 is 5.64. The quantitative estimate of drug-likeness (QED) is 0.781. The summed E-state index contributed by atoms with van der Waals surface area (Å²) >= 11 is 0. The summed E-state index contributed by atoms with van der Waals surface area (Å²) in [5.74, 6) is 0. The summed E-state index contributed by atoms with van der Waals surface area (Å²) in [6.45, 7) is 0. The minimum atomic E-state index is -0.481. The van der Waals surface area contributed by atoms with Gasteiger partial charge in [-0.3, -0.25) is 0 Å². The predicted octanol–water partition coefficient (Wildman–Crippen LogP) is 3.70. The average Bonchev–Trinajstić information content (AvgIpc) is 2.96. The van der Waals surface area contributed by atoms with Gasteiger partial charge >= 0.3 is 0 Å². The zero-order valence-electron chi connectivity index (χ0n) is 10.3. The van der Waals surface area contributed by atoms with E-state index in [1.807, 2.05) is 72.8 Å². The molecular formula is C16H14O3. The predicted molar refractivity (Wildman–Crippen MR) is 71.7 cm³/mol. The molecule has 0 saturated carbocycles. The van der Waals surface area contributed by atoms with Crippen molar-refractivity contribution >= 4 is 6.08 Å². The molecule has 1 aliphatic heterocycles. The van der Waals surface area contributed by atoms with E-state index in [4.69, 9.17) is 14.5 Å². The fourth-order valence-electron chi connectivity index (χ4n) is 1.85. The van der Waals surface area contributed by atoms with Gasteiger partial charge < -0.3 is 4.74 Å². The summed E-state index contributed by atoms with van der Waals surface area (Å²) in [4.78, 5) is 10.3. The van der Waals surface area contributed by atoms with E-state index in [9.17, 15) is 0 Å². The fourth-order valence-corrected chi connectivity index (χ4v) is 1.85. The average molecular weight is 254 g/mol. The van der Waals surface area contributed by atoms with Crippen LogP contribution in [0.25, 0.3) is 6.08 Å². The van der Waals surface area contributed by atoms with Gasteiger partial charge in [-0.15, -0.1) is 0 Å². The second-order valence-electron chi connectivity index (χ2n) is 4.21. The number of rotatable bonds is 3. The molecule has 0 aromatic heterocycles. The van der Waals surface area contributed by atoms with E-state index in [1.54, 1.807) is 0 Å². The zero-order chi connectivity index (χ0) is 12.9. The molecule has 0 bridgehead atoms. The van der Waals surface area contributed by atoms with Crippen LogP contribution in [-0.4, -0.2) is 6.29 Å². The van der Waals surface area contributed by atoms with Gasteiger partial charge in [0, 0.05) is 5.56 Å². The van der Waals surface area contributed by atoms with Gasteiger partial charge in [0.25, 0.3) is 0 Å². The first kappa shape index (κ1) is 12.1. The van der Waals surface area contributed by atoms with Gasteiger partial charge in [-0.1, -0.05) is 66.7 Å². The molecule has 2 unspecified atom stereocenters.